The number of carbonyl (C=O) groups is 1. The van der Waals surface area contributed by atoms with Gasteiger partial charge in [0.25, 0.3) is 5.91 Å². The number of hydrogen-bond acceptors (Lipinski definition) is 4. The fraction of sp³-hybridized carbons (Fsp3) is 0.375. The molecule has 1 saturated heterocycles. The molecule has 1 saturated carbocycles. The Hall–Kier alpha value is -2.63. The zero-order valence-electron chi connectivity index (χ0n) is 16.6. The summed E-state index contributed by atoms with van der Waals surface area (Å²) in [4.78, 5) is 13.5. The van der Waals surface area contributed by atoms with Gasteiger partial charge >= 0.3 is 0 Å². The molecule has 1 aliphatic heterocycles. The summed E-state index contributed by atoms with van der Waals surface area (Å²) >= 11 is 0. The quantitative estimate of drug-likeness (QED) is 0.384. The lowest BCUT2D eigenvalue weighted by Crippen LogP contribution is -2.37. The largest absolute Gasteiger partial charge is 0.372 e. The van der Waals surface area contributed by atoms with E-state index in [-0.39, 0.29) is 0 Å². The lowest BCUT2D eigenvalue weighted by atomic mass is 9.96. The maximum atomic E-state index is 11.1. The predicted molar refractivity (Wildman–Crippen MR) is 116 cm³/mol. The molecule has 0 aromatic heterocycles. The Morgan fingerprint density at radius 3 is 2.48 bits per heavy atom. The molecule has 2 atom stereocenters. The molecule has 3 N–H and O–H groups in total. The second-order valence-electron chi connectivity index (χ2n) is 8.10. The minimum atomic E-state index is -0.522. The van der Waals surface area contributed by atoms with Crippen molar-refractivity contribution < 1.29 is 10.0 Å². The molecule has 0 spiro atoms. The Balaban J connectivity index is 1.20. The first-order valence-electron chi connectivity index (χ1n) is 10.5. The van der Waals surface area contributed by atoms with Gasteiger partial charge in [-0.25, -0.2) is 5.48 Å². The SMILES string of the molecule is O=C(/C=C/c1ccc(N2CCC(CNC3CC3c3ccccc3)CC2)cc1)NO. The number of rotatable bonds is 7. The van der Waals surface area contributed by atoms with Crippen molar-refractivity contribution in [3.8, 4) is 0 Å². The molecule has 2 aromatic carbocycles. The molecule has 0 radical (unpaired) electrons. The molecule has 4 rings (SSSR count). The Morgan fingerprint density at radius 1 is 1.07 bits per heavy atom. The van der Waals surface area contributed by atoms with Crippen LogP contribution in [0.15, 0.2) is 60.7 Å². The van der Waals surface area contributed by atoms with Crippen molar-refractivity contribution >= 4 is 17.7 Å². The summed E-state index contributed by atoms with van der Waals surface area (Å²) < 4.78 is 0. The Bertz CT molecular complexity index is 827. The Labute approximate surface area is 172 Å². The maximum Gasteiger partial charge on any atom is 0.267 e. The second-order valence-corrected chi connectivity index (χ2v) is 8.10. The van der Waals surface area contributed by atoms with Crippen molar-refractivity contribution in [1.82, 2.24) is 10.8 Å². The topological polar surface area (TPSA) is 64.6 Å². The highest BCUT2D eigenvalue weighted by atomic mass is 16.5. The lowest BCUT2D eigenvalue weighted by molar-refractivity contribution is -0.124. The summed E-state index contributed by atoms with van der Waals surface area (Å²) in [5.74, 6) is 0.931. The first-order chi connectivity index (χ1) is 14.2. The van der Waals surface area contributed by atoms with Crippen molar-refractivity contribution in [3.05, 3.63) is 71.8 Å². The number of anilines is 1. The monoisotopic (exact) mass is 391 g/mol. The average Bonchev–Trinajstić information content (AvgIpc) is 3.57. The van der Waals surface area contributed by atoms with Gasteiger partial charge in [0.1, 0.15) is 0 Å². The van der Waals surface area contributed by atoms with Crippen molar-refractivity contribution in [1.29, 1.82) is 0 Å². The molecular weight excluding hydrogens is 362 g/mol. The molecule has 2 unspecified atom stereocenters. The minimum Gasteiger partial charge on any atom is -0.372 e. The molecule has 5 nitrogen and oxygen atoms in total. The molecular formula is C24H29N3O2. The fourth-order valence-electron chi connectivity index (χ4n) is 4.21. The van der Waals surface area contributed by atoms with Gasteiger partial charge in [-0.1, -0.05) is 42.5 Å². The molecule has 1 heterocycles. The second kappa shape index (κ2) is 9.25. The van der Waals surface area contributed by atoms with Crippen molar-refractivity contribution in [2.45, 2.75) is 31.2 Å². The third-order valence-corrected chi connectivity index (χ3v) is 6.10. The highest BCUT2D eigenvalue weighted by Gasteiger charge is 2.38. The summed E-state index contributed by atoms with van der Waals surface area (Å²) in [5, 5.41) is 12.3. The van der Waals surface area contributed by atoms with E-state index in [1.54, 1.807) is 11.6 Å². The van der Waals surface area contributed by atoms with Crippen LogP contribution >= 0.6 is 0 Å². The van der Waals surface area contributed by atoms with Crippen LogP contribution in [0.2, 0.25) is 0 Å². The molecule has 1 aliphatic carbocycles. The van der Waals surface area contributed by atoms with E-state index in [2.05, 4.69) is 52.7 Å². The summed E-state index contributed by atoms with van der Waals surface area (Å²) in [5.41, 5.74) is 5.23. The Kier molecular flexibility index (Phi) is 6.27. The molecule has 2 aromatic rings. The van der Waals surface area contributed by atoms with Crippen LogP contribution in [0.25, 0.3) is 6.08 Å². The van der Waals surface area contributed by atoms with Gasteiger partial charge < -0.3 is 10.2 Å². The van der Waals surface area contributed by atoms with E-state index in [0.717, 1.165) is 31.1 Å². The van der Waals surface area contributed by atoms with Gasteiger partial charge in [0.2, 0.25) is 0 Å². The number of carbonyl (C=O) groups excluding carboxylic acids is 1. The van der Waals surface area contributed by atoms with Crippen LogP contribution in [0.1, 0.15) is 36.3 Å². The van der Waals surface area contributed by atoms with E-state index in [0.29, 0.717) is 12.0 Å². The van der Waals surface area contributed by atoms with Gasteiger partial charge in [-0.15, -0.1) is 0 Å². The van der Waals surface area contributed by atoms with Gasteiger partial charge in [-0.05, 0) is 61.1 Å². The van der Waals surface area contributed by atoms with Gasteiger partial charge in [-0.3, -0.25) is 10.0 Å². The number of hydrogen-bond donors (Lipinski definition) is 3. The molecule has 152 valence electrons. The molecule has 0 bridgehead atoms. The maximum absolute atomic E-state index is 11.1. The van der Waals surface area contributed by atoms with Crippen LogP contribution in [-0.2, 0) is 4.79 Å². The molecule has 2 fully saturated rings. The average molecular weight is 392 g/mol. The van der Waals surface area contributed by atoms with Crippen LogP contribution in [-0.4, -0.2) is 36.8 Å². The summed E-state index contributed by atoms with van der Waals surface area (Å²) in [7, 11) is 0. The highest BCUT2D eigenvalue weighted by Crippen LogP contribution is 2.40. The van der Waals surface area contributed by atoms with E-state index >= 15 is 0 Å². The number of nitrogens with one attached hydrogen (secondary N) is 2. The minimum absolute atomic E-state index is 0.522. The molecule has 5 heteroatoms. The standard InChI is InChI=1S/C24H29N3O2/c28-24(26-29)11-8-18-6-9-21(10-7-18)27-14-12-19(13-15-27)17-25-23-16-22(23)20-4-2-1-3-5-20/h1-11,19,22-23,25,29H,12-17H2,(H,26,28)/b11-8+. The summed E-state index contributed by atoms with van der Waals surface area (Å²) in [6.07, 6.45) is 6.70. The lowest BCUT2D eigenvalue weighted by Gasteiger charge is -2.34. The predicted octanol–water partition coefficient (Wildman–Crippen LogP) is 3.57. The molecule has 1 amide bonds. The van der Waals surface area contributed by atoms with Crippen molar-refractivity contribution in [2.75, 3.05) is 24.5 Å². The summed E-state index contributed by atoms with van der Waals surface area (Å²) in [6, 6.07) is 19.7. The van der Waals surface area contributed by atoms with Gasteiger partial charge in [0.15, 0.2) is 0 Å². The number of amides is 1. The number of benzene rings is 2. The number of nitrogens with zero attached hydrogens (tertiary/aromatic N) is 1. The first kappa shape index (κ1) is 19.7. The van der Waals surface area contributed by atoms with Crippen LogP contribution in [0, 0.1) is 5.92 Å². The first-order valence-corrected chi connectivity index (χ1v) is 10.5. The molecule has 29 heavy (non-hydrogen) atoms. The zero-order valence-corrected chi connectivity index (χ0v) is 16.6. The van der Waals surface area contributed by atoms with E-state index in [1.165, 1.54) is 36.6 Å². The van der Waals surface area contributed by atoms with Gasteiger partial charge in [0.05, 0.1) is 0 Å². The van der Waals surface area contributed by atoms with Crippen LogP contribution < -0.4 is 15.7 Å². The fourth-order valence-corrected chi connectivity index (χ4v) is 4.21. The van der Waals surface area contributed by atoms with Crippen molar-refractivity contribution in [3.63, 3.8) is 0 Å². The van der Waals surface area contributed by atoms with E-state index in [9.17, 15) is 4.79 Å². The smallest absolute Gasteiger partial charge is 0.267 e. The van der Waals surface area contributed by atoms with Crippen molar-refractivity contribution in [2.24, 2.45) is 5.92 Å². The Morgan fingerprint density at radius 2 is 1.79 bits per heavy atom. The van der Waals surface area contributed by atoms with Crippen LogP contribution in [0.4, 0.5) is 5.69 Å². The van der Waals surface area contributed by atoms with E-state index in [4.69, 9.17) is 5.21 Å². The number of piperidine rings is 1. The molecule has 2 aliphatic rings. The van der Waals surface area contributed by atoms with E-state index in [1.807, 2.05) is 12.1 Å². The van der Waals surface area contributed by atoms with E-state index < -0.39 is 5.91 Å². The van der Waals surface area contributed by atoms with Crippen LogP contribution in [0.3, 0.4) is 0 Å². The summed E-state index contributed by atoms with van der Waals surface area (Å²) in [6.45, 7) is 3.29. The van der Waals surface area contributed by atoms with Gasteiger partial charge in [0, 0.05) is 36.8 Å². The van der Waals surface area contributed by atoms with Gasteiger partial charge in [-0.2, -0.15) is 0 Å². The third-order valence-electron chi connectivity index (χ3n) is 6.10. The normalized spacial score (nSPS) is 22.0. The highest BCUT2D eigenvalue weighted by molar-refractivity contribution is 5.90. The third kappa shape index (κ3) is 5.25. The zero-order chi connectivity index (χ0) is 20.1. The number of hydroxylamine groups is 1. The van der Waals surface area contributed by atoms with Crippen LogP contribution in [0.5, 0.6) is 0 Å².